The highest BCUT2D eigenvalue weighted by atomic mass is 16.5. The monoisotopic (exact) mass is 372 g/mol. The van der Waals surface area contributed by atoms with Crippen LogP contribution in [-0.4, -0.2) is 21.0 Å². The number of amides is 1. The van der Waals surface area contributed by atoms with Gasteiger partial charge in [-0.05, 0) is 62.1 Å². The van der Waals surface area contributed by atoms with E-state index in [1.165, 1.54) is 12.8 Å². The van der Waals surface area contributed by atoms with Crippen LogP contribution in [0.5, 0.6) is 0 Å². The van der Waals surface area contributed by atoms with E-state index in [9.17, 15) is 4.79 Å². The van der Waals surface area contributed by atoms with Gasteiger partial charge in [0.15, 0.2) is 0 Å². The van der Waals surface area contributed by atoms with Gasteiger partial charge in [-0.1, -0.05) is 17.3 Å². The van der Waals surface area contributed by atoms with Crippen LogP contribution in [0.2, 0.25) is 0 Å². The van der Waals surface area contributed by atoms with Crippen molar-refractivity contribution >= 4 is 16.9 Å². The second-order valence-corrected chi connectivity index (χ2v) is 7.46. The summed E-state index contributed by atoms with van der Waals surface area (Å²) in [5.41, 5.74) is 12.5. The second kappa shape index (κ2) is 6.05. The molecule has 0 saturated heterocycles. The molecule has 4 aromatic rings. The van der Waals surface area contributed by atoms with Crippen LogP contribution in [0, 0.1) is 13.8 Å². The van der Waals surface area contributed by atoms with Gasteiger partial charge >= 0.3 is 0 Å². The average Bonchev–Trinajstić information content (AvgIpc) is 3.36. The fourth-order valence-electron chi connectivity index (χ4n) is 3.79. The fourth-order valence-corrected chi connectivity index (χ4v) is 3.79. The highest BCUT2D eigenvalue weighted by molar-refractivity contribution is 5.99. The summed E-state index contributed by atoms with van der Waals surface area (Å²) >= 11 is 0. The zero-order valence-electron chi connectivity index (χ0n) is 15.7. The Hall–Kier alpha value is -3.41. The first-order valence-corrected chi connectivity index (χ1v) is 9.38. The minimum Gasteiger partial charge on any atom is -0.366 e. The molecule has 0 spiro atoms. The zero-order valence-corrected chi connectivity index (χ0v) is 15.7. The number of hydrogen-bond acceptors (Lipinski definition) is 4. The van der Waals surface area contributed by atoms with Crippen molar-refractivity contribution in [1.82, 2.24) is 15.1 Å². The number of nitrogens with two attached hydrogens (primary N) is 1. The van der Waals surface area contributed by atoms with Gasteiger partial charge in [-0.25, -0.2) is 4.98 Å². The molecular formula is C22H20N4O2. The molecule has 2 heterocycles. The third kappa shape index (κ3) is 2.69. The van der Waals surface area contributed by atoms with Gasteiger partial charge in [-0.3, -0.25) is 4.79 Å². The molecule has 3 N–H and O–H groups in total. The molecule has 140 valence electrons. The molecule has 5 rings (SSSR count). The maximum atomic E-state index is 11.7. The SMILES string of the molecule is Cc1noc(C)c1-c1cc(-c2cccc(C(N)=O)c2)c2nc(C3CC3)[nH]c2c1. The lowest BCUT2D eigenvalue weighted by Gasteiger charge is -2.08. The van der Waals surface area contributed by atoms with Crippen LogP contribution in [0.25, 0.3) is 33.3 Å². The van der Waals surface area contributed by atoms with E-state index < -0.39 is 5.91 Å². The topological polar surface area (TPSA) is 97.8 Å². The summed E-state index contributed by atoms with van der Waals surface area (Å²) in [6.07, 6.45) is 2.34. The summed E-state index contributed by atoms with van der Waals surface area (Å²) in [4.78, 5) is 20.0. The van der Waals surface area contributed by atoms with Gasteiger partial charge in [-0.15, -0.1) is 0 Å². The van der Waals surface area contributed by atoms with E-state index in [4.69, 9.17) is 15.2 Å². The lowest BCUT2D eigenvalue weighted by Crippen LogP contribution is -2.10. The van der Waals surface area contributed by atoms with Crippen molar-refractivity contribution in [2.75, 3.05) is 0 Å². The van der Waals surface area contributed by atoms with Crippen molar-refractivity contribution < 1.29 is 9.32 Å². The summed E-state index contributed by atoms with van der Waals surface area (Å²) in [5, 5.41) is 4.09. The van der Waals surface area contributed by atoms with Crippen molar-refractivity contribution in [2.45, 2.75) is 32.6 Å². The minimum atomic E-state index is -0.444. The Morgan fingerprint density at radius 1 is 1.18 bits per heavy atom. The summed E-state index contributed by atoms with van der Waals surface area (Å²) in [6, 6.07) is 11.6. The molecule has 1 fully saturated rings. The van der Waals surface area contributed by atoms with Crippen molar-refractivity contribution in [3.63, 3.8) is 0 Å². The number of nitrogens with zero attached hydrogens (tertiary/aromatic N) is 2. The number of aromatic amines is 1. The summed E-state index contributed by atoms with van der Waals surface area (Å²) in [6.45, 7) is 3.85. The van der Waals surface area contributed by atoms with Gasteiger partial charge in [0.1, 0.15) is 11.6 Å². The quantitative estimate of drug-likeness (QED) is 0.552. The van der Waals surface area contributed by atoms with Crippen LogP contribution >= 0.6 is 0 Å². The summed E-state index contributed by atoms with van der Waals surface area (Å²) in [7, 11) is 0. The Bertz CT molecular complexity index is 1210. The lowest BCUT2D eigenvalue weighted by molar-refractivity contribution is 0.100. The van der Waals surface area contributed by atoms with E-state index in [1.807, 2.05) is 32.0 Å². The van der Waals surface area contributed by atoms with E-state index in [0.717, 1.165) is 50.6 Å². The molecule has 28 heavy (non-hydrogen) atoms. The third-order valence-electron chi connectivity index (χ3n) is 5.35. The Labute approximate surface area is 161 Å². The first kappa shape index (κ1) is 16.7. The lowest BCUT2D eigenvalue weighted by atomic mass is 9.95. The highest BCUT2D eigenvalue weighted by Gasteiger charge is 2.28. The number of hydrogen-bond donors (Lipinski definition) is 2. The first-order valence-electron chi connectivity index (χ1n) is 9.38. The normalized spacial score (nSPS) is 13.9. The predicted octanol–water partition coefficient (Wildman–Crippen LogP) is 4.48. The van der Waals surface area contributed by atoms with E-state index in [1.54, 1.807) is 6.07 Å². The molecular weight excluding hydrogens is 352 g/mol. The van der Waals surface area contributed by atoms with Crippen LogP contribution in [0.3, 0.4) is 0 Å². The number of fused-ring (bicyclic) bond motifs is 1. The van der Waals surface area contributed by atoms with Gasteiger partial charge < -0.3 is 15.2 Å². The van der Waals surface area contributed by atoms with E-state index in [2.05, 4.69) is 22.3 Å². The van der Waals surface area contributed by atoms with Crippen LogP contribution < -0.4 is 5.73 Å². The molecule has 0 atom stereocenters. The number of carbonyl (C=O) groups excluding carboxylic acids is 1. The van der Waals surface area contributed by atoms with Crippen molar-refractivity contribution in [3.8, 4) is 22.3 Å². The Morgan fingerprint density at radius 3 is 2.68 bits per heavy atom. The predicted molar refractivity (Wildman–Crippen MR) is 107 cm³/mol. The Kier molecular flexibility index (Phi) is 3.62. The van der Waals surface area contributed by atoms with Crippen molar-refractivity contribution in [1.29, 1.82) is 0 Å². The number of primary amides is 1. The van der Waals surface area contributed by atoms with E-state index in [-0.39, 0.29) is 0 Å². The molecule has 1 aliphatic carbocycles. The van der Waals surface area contributed by atoms with Crippen LogP contribution in [0.15, 0.2) is 40.9 Å². The Balaban J connectivity index is 1.78. The maximum Gasteiger partial charge on any atom is 0.248 e. The molecule has 0 bridgehead atoms. The third-order valence-corrected chi connectivity index (χ3v) is 5.35. The van der Waals surface area contributed by atoms with Gasteiger partial charge in [0.2, 0.25) is 5.91 Å². The number of aryl methyl sites for hydroxylation is 2. The average molecular weight is 372 g/mol. The number of benzene rings is 2. The smallest absolute Gasteiger partial charge is 0.248 e. The van der Waals surface area contributed by atoms with Crippen LogP contribution in [0.1, 0.15) is 46.4 Å². The Morgan fingerprint density at radius 2 is 2.00 bits per heavy atom. The number of nitrogens with one attached hydrogen (secondary N) is 1. The summed E-state index contributed by atoms with van der Waals surface area (Å²) in [5.74, 6) is 1.87. The van der Waals surface area contributed by atoms with Gasteiger partial charge in [-0.2, -0.15) is 0 Å². The molecule has 6 heteroatoms. The molecule has 0 unspecified atom stereocenters. The fraction of sp³-hybridized carbons (Fsp3) is 0.227. The molecule has 1 amide bonds. The van der Waals surface area contributed by atoms with Gasteiger partial charge in [0.25, 0.3) is 0 Å². The van der Waals surface area contributed by atoms with Crippen molar-refractivity contribution in [3.05, 3.63) is 59.2 Å². The zero-order chi connectivity index (χ0) is 19.4. The standard InChI is InChI=1S/C22H20N4O2/c1-11-19(12(2)28-26-11)16-9-17(14-4-3-5-15(8-14)21(23)27)20-18(10-16)24-22(25-20)13-6-7-13/h3-5,8-10,13H,6-7H2,1-2H3,(H2,23,27)(H,24,25). The van der Waals surface area contributed by atoms with Crippen molar-refractivity contribution in [2.24, 2.45) is 5.73 Å². The maximum absolute atomic E-state index is 11.7. The highest BCUT2D eigenvalue weighted by Crippen LogP contribution is 2.41. The molecule has 2 aromatic carbocycles. The number of carbonyl (C=O) groups is 1. The first-order chi connectivity index (χ1) is 13.5. The minimum absolute atomic E-state index is 0.444. The number of H-pyrrole nitrogens is 1. The van der Waals surface area contributed by atoms with Crippen LogP contribution in [0.4, 0.5) is 0 Å². The molecule has 6 nitrogen and oxygen atoms in total. The molecule has 2 aromatic heterocycles. The van der Waals surface area contributed by atoms with E-state index >= 15 is 0 Å². The second-order valence-electron chi connectivity index (χ2n) is 7.46. The number of imidazole rings is 1. The summed E-state index contributed by atoms with van der Waals surface area (Å²) < 4.78 is 5.37. The largest absolute Gasteiger partial charge is 0.366 e. The van der Waals surface area contributed by atoms with Gasteiger partial charge in [0.05, 0.1) is 16.7 Å². The molecule has 0 aliphatic heterocycles. The van der Waals surface area contributed by atoms with Crippen LogP contribution in [-0.2, 0) is 0 Å². The number of aromatic nitrogens is 3. The molecule has 0 radical (unpaired) electrons. The molecule has 1 saturated carbocycles. The van der Waals surface area contributed by atoms with Gasteiger partial charge in [0, 0.05) is 22.6 Å². The van der Waals surface area contributed by atoms with E-state index in [0.29, 0.717) is 11.5 Å². The molecule has 1 aliphatic rings. The number of rotatable bonds is 4.